The number of piperidine rings is 1. The zero-order valence-electron chi connectivity index (χ0n) is 24.9. The molecule has 0 bridgehead atoms. The lowest BCUT2D eigenvalue weighted by molar-refractivity contribution is 0.0389. The Morgan fingerprint density at radius 3 is 2.82 bits per heavy atom. The van der Waals surface area contributed by atoms with Gasteiger partial charge in [0.2, 0.25) is 0 Å². The van der Waals surface area contributed by atoms with E-state index in [0.717, 1.165) is 18.2 Å². The fourth-order valence-electron chi connectivity index (χ4n) is 2.39. The zero-order valence-corrected chi connectivity index (χ0v) is 15.6. The van der Waals surface area contributed by atoms with Crippen molar-refractivity contribution in [3.05, 3.63) is 58.4 Å². The second-order valence-electron chi connectivity index (χ2n) is 5.96. The number of rotatable bonds is 6. The Labute approximate surface area is 183 Å². The summed E-state index contributed by atoms with van der Waals surface area (Å²) in [6.45, 7) is -5.65. The van der Waals surface area contributed by atoms with Crippen molar-refractivity contribution in [1.29, 1.82) is 0 Å². The number of halogens is 3. The molecule has 1 aromatic heterocycles. The van der Waals surface area contributed by atoms with Crippen molar-refractivity contribution < 1.29 is 27.3 Å². The monoisotopic (exact) mass is 417 g/mol. The highest BCUT2D eigenvalue weighted by Gasteiger charge is 2.35. The number of aromatic nitrogens is 2. The highest BCUT2D eigenvalue weighted by molar-refractivity contribution is 6.31. The van der Waals surface area contributed by atoms with Crippen molar-refractivity contribution in [1.82, 2.24) is 14.9 Å². The van der Waals surface area contributed by atoms with E-state index < -0.39 is 72.9 Å². The molecule has 1 aliphatic heterocycles. The molecule has 150 valence electrons. The Bertz CT molecular complexity index is 1230. The third kappa shape index (κ3) is 5.04. The molecular weight excluding hydrogens is 384 g/mol. The van der Waals surface area contributed by atoms with Crippen LogP contribution in [0, 0.1) is 5.82 Å². The molecule has 7 heteroatoms. The first-order valence-electron chi connectivity index (χ1n) is 13.4. The summed E-state index contributed by atoms with van der Waals surface area (Å²) in [4.78, 5) is 20.8. The van der Waals surface area contributed by atoms with Gasteiger partial charge in [-0.2, -0.15) is 0 Å². The summed E-state index contributed by atoms with van der Waals surface area (Å²) < 4.78 is 112. The number of nitrogens with zero attached hydrogens (tertiary/aromatic N) is 3. The van der Waals surface area contributed by atoms with E-state index in [1.54, 1.807) is 0 Å². The molecular formula is C21H24ClF2N3O. The summed E-state index contributed by atoms with van der Waals surface area (Å²) >= 11 is 5.67. The van der Waals surface area contributed by atoms with Gasteiger partial charge >= 0.3 is 0 Å². The average molecular weight is 418 g/mol. The third-order valence-electron chi connectivity index (χ3n) is 3.96. The van der Waals surface area contributed by atoms with Crippen LogP contribution >= 0.6 is 11.6 Å². The molecule has 0 N–H and O–H groups in total. The number of amides is 1. The van der Waals surface area contributed by atoms with Gasteiger partial charge < -0.3 is 4.90 Å². The largest absolute Gasteiger partial charge is 0.338 e. The summed E-state index contributed by atoms with van der Waals surface area (Å²) in [5.74, 6) is -2.36. The van der Waals surface area contributed by atoms with E-state index in [1.807, 2.05) is 0 Å². The van der Waals surface area contributed by atoms with Crippen LogP contribution in [0.15, 0.2) is 30.6 Å². The summed E-state index contributed by atoms with van der Waals surface area (Å²) in [7, 11) is 0. The highest BCUT2D eigenvalue weighted by atomic mass is 35.5. The van der Waals surface area contributed by atoms with Gasteiger partial charge in [-0.15, -0.1) is 0 Å². The van der Waals surface area contributed by atoms with Crippen LogP contribution in [0.5, 0.6) is 0 Å². The molecule has 0 saturated carbocycles. The maximum atomic E-state index is 16.5. The average Bonchev–Trinajstić information content (AvgIpc) is 2.77. The van der Waals surface area contributed by atoms with Crippen LogP contribution in [0.2, 0.25) is 5.02 Å². The molecule has 1 amide bonds. The van der Waals surface area contributed by atoms with Gasteiger partial charge in [0.15, 0.2) is 0 Å². The Morgan fingerprint density at radius 2 is 2.14 bits per heavy atom. The van der Waals surface area contributed by atoms with Crippen molar-refractivity contribution in [3.8, 4) is 0 Å². The smallest absolute Gasteiger partial charge is 0.253 e. The molecule has 1 saturated heterocycles. The molecule has 1 aliphatic rings. The predicted octanol–water partition coefficient (Wildman–Crippen LogP) is 4.80. The number of benzene rings is 1. The Kier molecular flexibility index (Phi) is 3.58. The molecule has 28 heavy (non-hydrogen) atoms. The van der Waals surface area contributed by atoms with E-state index in [9.17, 15) is 9.18 Å². The quantitative estimate of drug-likeness (QED) is 0.678. The number of hydrogen-bond acceptors (Lipinski definition) is 3. The molecule has 1 aromatic carbocycles. The van der Waals surface area contributed by atoms with E-state index in [0.29, 0.717) is 0 Å². The summed E-state index contributed by atoms with van der Waals surface area (Å²) in [5.41, 5.74) is -4.11. The van der Waals surface area contributed by atoms with E-state index in [-0.39, 0.29) is 22.7 Å². The van der Waals surface area contributed by atoms with E-state index in [2.05, 4.69) is 9.97 Å². The minimum atomic E-state index is -3.77. The number of carbonyl (C=O) groups is 1. The maximum Gasteiger partial charge on any atom is 0.253 e. The number of carbonyl (C=O) groups excluding carboxylic acids is 1. The van der Waals surface area contributed by atoms with Gasteiger partial charge in [-0.3, -0.25) is 4.79 Å². The van der Waals surface area contributed by atoms with Crippen LogP contribution in [0.4, 0.5) is 8.78 Å². The van der Waals surface area contributed by atoms with Crippen molar-refractivity contribution in [2.75, 3.05) is 13.0 Å². The number of aryl methyl sites for hydroxylation is 2. The molecule has 0 aliphatic carbocycles. The first-order valence-corrected chi connectivity index (χ1v) is 8.76. The Balaban J connectivity index is 1.95. The molecule has 3 rings (SSSR count). The van der Waals surface area contributed by atoms with Crippen molar-refractivity contribution in [2.45, 2.75) is 51.0 Å². The van der Waals surface area contributed by atoms with Gasteiger partial charge in [-0.25, -0.2) is 18.7 Å². The molecule has 1 unspecified atom stereocenters. The number of likely N-dealkylation sites (tertiary alicyclic amines) is 1. The van der Waals surface area contributed by atoms with Crippen LogP contribution < -0.4 is 0 Å². The molecule has 2 heterocycles. The Morgan fingerprint density at radius 1 is 1.39 bits per heavy atom. The van der Waals surface area contributed by atoms with Crippen molar-refractivity contribution in [2.24, 2.45) is 0 Å². The first-order chi connectivity index (χ1) is 17.1. The number of alkyl halides is 1. The van der Waals surface area contributed by atoms with Gasteiger partial charge in [0.05, 0.1) is 5.02 Å². The number of hydrogen-bond donors (Lipinski definition) is 0. The van der Waals surface area contributed by atoms with Gasteiger partial charge in [-0.05, 0) is 55.7 Å². The van der Waals surface area contributed by atoms with Crippen LogP contribution in [0.25, 0.3) is 0 Å². The minimum Gasteiger partial charge on any atom is -0.338 e. The lowest BCUT2D eigenvalue weighted by Gasteiger charge is -2.36. The maximum absolute atomic E-state index is 16.5. The lowest BCUT2D eigenvalue weighted by Crippen LogP contribution is -2.44. The van der Waals surface area contributed by atoms with E-state index in [1.165, 1.54) is 19.3 Å². The van der Waals surface area contributed by atoms with Crippen LogP contribution in [0.3, 0.4) is 0 Å². The van der Waals surface area contributed by atoms with E-state index >= 15 is 4.39 Å². The fourth-order valence-corrected chi connectivity index (χ4v) is 2.57. The molecule has 0 spiro atoms. The summed E-state index contributed by atoms with van der Waals surface area (Å²) in [6, 6.07) is 2.46. The predicted molar refractivity (Wildman–Crippen MR) is 105 cm³/mol. The summed E-state index contributed by atoms with van der Waals surface area (Å²) in [6.07, 6.45) is -9.04. The standard InChI is InChI=1S/C21H24ClF2N3O/c1-2-15-13-25-19(26-14-15)4-3-7-21(24)8-10-27(11-9-21)20(28)16-5-6-18(23)17(22)12-16/h5-6,12-14H,2-4,7-11H2,1H3/i2D2,7D2,8D2,10D2,11D2. The van der Waals surface area contributed by atoms with Gasteiger partial charge in [0, 0.05) is 51.1 Å². The lowest BCUT2D eigenvalue weighted by atomic mass is 9.88. The van der Waals surface area contributed by atoms with Gasteiger partial charge in [0.25, 0.3) is 5.91 Å². The van der Waals surface area contributed by atoms with Gasteiger partial charge in [0.1, 0.15) is 17.3 Å². The second kappa shape index (κ2) is 8.95. The van der Waals surface area contributed by atoms with Crippen LogP contribution in [-0.4, -0.2) is 39.4 Å². The third-order valence-corrected chi connectivity index (χ3v) is 4.25. The normalized spacial score (nSPS) is 31.4. The van der Waals surface area contributed by atoms with Crippen molar-refractivity contribution >= 4 is 17.5 Å². The van der Waals surface area contributed by atoms with Crippen molar-refractivity contribution in [3.63, 3.8) is 0 Å². The van der Waals surface area contributed by atoms with Gasteiger partial charge in [-0.1, -0.05) is 18.5 Å². The molecule has 2 aromatic rings. The SMILES string of the molecule is [2H]C([2H])(C)c1cnc(CCC([2H])([2H])C2(F)CC([2H])([2H])N(C(=O)c3ccc(F)c(Cl)c3)C([2H])([2H])C2([2H])[2H])nc1. The molecule has 4 nitrogen and oxygen atoms in total. The Hall–Kier alpha value is -2.08. The molecule has 0 radical (unpaired) electrons. The first kappa shape index (κ1) is 11.2. The molecule has 1 atom stereocenters. The van der Waals surface area contributed by atoms with Crippen LogP contribution in [-0.2, 0) is 12.8 Å². The van der Waals surface area contributed by atoms with Crippen LogP contribution in [0.1, 0.15) is 68.0 Å². The molecule has 1 fully saturated rings. The minimum absolute atomic E-state index is 0.0159. The fraction of sp³-hybridized carbons (Fsp3) is 0.476. The highest BCUT2D eigenvalue weighted by Crippen LogP contribution is 2.32. The van der Waals surface area contributed by atoms with E-state index in [4.69, 9.17) is 25.3 Å². The topological polar surface area (TPSA) is 46.1 Å². The second-order valence-corrected chi connectivity index (χ2v) is 6.36. The zero-order chi connectivity index (χ0) is 29.1. The summed E-state index contributed by atoms with van der Waals surface area (Å²) in [5, 5.41) is -0.529.